The Labute approximate surface area is 704 Å². The Hall–Kier alpha value is -3.18. The van der Waals surface area contributed by atoms with Gasteiger partial charge in [0.1, 0.15) is 244 Å². The van der Waals surface area contributed by atoms with Crippen LogP contribution in [-0.4, -0.2) is 566 Å². The molecule has 0 aromatic heterocycles. The summed E-state index contributed by atoms with van der Waals surface area (Å²) in [7, 11) is 0. The van der Waals surface area contributed by atoms with Crippen LogP contribution in [0.2, 0.25) is 0 Å². The van der Waals surface area contributed by atoms with Crippen molar-refractivity contribution in [3.05, 3.63) is 0 Å². The lowest BCUT2D eigenvalue weighted by atomic mass is 9.92. The van der Waals surface area contributed by atoms with Crippen molar-refractivity contribution in [1.29, 1.82) is 0 Å². The molecule has 57 nitrogen and oxygen atoms in total. The number of aliphatic hydroxyl groups excluding tert-OH is 32. The summed E-state index contributed by atoms with van der Waals surface area (Å²) in [6.45, 7) is -5.85. The standard InChI is InChI=1S/C68H114N2O55/c1-12-23(69-13(2)78)31(86)48(20(9-76)106-12)114-58-24(70-14(3)79)32(87)49(21(10-77)112-58)115-63-46(101)51(117-67-54(38(93)29(84)19(8-75)111-67)121-68-55(39(94)41(96)57(104)123-68)120-61-44(99)35(90)40(95)56(103)122-61)47(102)64(125-63)124-62-45(100)50(116-66-53(37(92)28(83)18(7-74)110-66)119-60-43(98)34(89)26(81)16(5-72)108-60)30(85)22(113-62)11-105-65-52(36(91)27(82)17(6-73)109-65)118-59-42(97)33(88)25(80)15(4-71)107-59/h12,15-68,71-77,80-104H,4-11H2,1-3H3,(H,69,78)(H,70,79)/t12-,15?,16?,17?,18?,19?,20?,21?,22?,23?,24?,25+,26+,27+,28+,29-,30+,31+,32+,33-,34-,35+,36-,37-,38?,39+,40+,41+,42?,43?,44?,45?,46?,47-,48+,49+,50-,51+,52?,53?,54-,55?,56?,57?,58-,59-,60-,61-,62+,63+,64?,65+,66-,67-,68-/m0/s1. The van der Waals surface area contributed by atoms with Gasteiger partial charge in [0.25, 0.3) is 0 Å². The van der Waals surface area contributed by atoms with Gasteiger partial charge >= 0.3 is 0 Å². The van der Waals surface area contributed by atoms with E-state index in [4.69, 9.17) is 99.5 Å². The molecule has 0 saturated carbocycles. The van der Waals surface area contributed by atoms with Crippen molar-refractivity contribution >= 4 is 11.8 Å². The highest BCUT2D eigenvalue weighted by atomic mass is 16.9. The lowest BCUT2D eigenvalue weighted by molar-refractivity contribution is -0.437. The van der Waals surface area contributed by atoms with Gasteiger partial charge < -0.3 is 274 Å². The average Bonchev–Trinajstić information content (AvgIpc) is 0.789. The molecule has 11 fully saturated rings. The predicted molar refractivity (Wildman–Crippen MR) is 374 cm³/mol. The molecule has 0 spiro atoms. The molecule has 0 bridgehead atoms. The summed E-state index contributed by atoms with van der Waals surface area (Å²) in [6, 6.07) is -3.27. The number of amides is 2. The fraction of sp³-hybridized carbons (Fsp3) is 0.971. The minimum atomic E-state index is -2.86. The smallest absolute Gasteiger partial charge is 0.217 e. The molecule has 22 unspecified atom stereocenters. The molecule has 11 heterocycles. The Morgan fingerprint density at radius 2 is 0.488 bits per heavy atom. The van der Waals surface area contributed by atoms with Crippen molar-refractivity contribution in [2.75, 3.05) is 52.9 Å². The van der Waals surface area contributed by atoms with Crippen LogP contribution in [0.3, 0.4) is 0 Å². The van der Waals surface area contributed by atoms with Crippen molar-refractivity contribution in [1.82, 2.24) is 10.6 Å². The van der Waals surface area contributed by atoms with E-state index in [2.05, 4.69) is 10.6 Å². The van der Waals surface area contributed by atoms with Gasteiger partial charge in [-0.25, -0.2) is 0 Å². The Kier molecular flexibility index (Phi) is 35.9. The van der Waals surface area contributed by atoms with Crippen molar-refractivity contribution < 1.29 is 272 Å². The number of aliphatic hydroxyl groups is 32. The summed E-state index contributed by atoms with van der Waals surface area (Å²) < 4.78 is 123. The molecule has 2 amide bonds. The topological polar surface area (TPSA) is 899 Å². The van der Waals surface area contributed by atoms with Crippen molar-refractivity contribution in [3.63, 3.8) is 0 Å². The maximum absolute atomic E-state index is 13.2. The van der Waals surface area contributed by atoms with Gasteiger partial charge in [-0.05, 0) is 6.92 Å². The zero-order valence-corrected chi connectivity index (χ0v) is 66.1. The number of rotatable bonds is 30. The predicted octanol–water partition coefficient (Wildman–Crippen LogP) is -23.7. The Balaban J connectivity index is 0.982. The molecule has 11 rings (SSSR count). The summed E-state index contributed by atoms with van der Waals surface area (Å²) in [5.41, 5.74) is 0. The monoisotopic (exact) mass is 1840 g/mol. The molecular weight excluding hydrogens is 1720 g/mol. The number of carbonyl (C=O) groups is 2. The number of hydrogen-bond donors (Lipinski definition) is 34. The van der Waals surface area contributed by atoms with Crippen LogP contribution in [0, 0.1) is 0 Å². The molecule has 34 N–H and O–H groups in total. The van der Waals surface area contributed by atoms with E-state index >= 15 is 0 Å². The van der Waals surface area contributed by atoms with E-state index in [-0.39, 0.29) is 0 Å². The highest BCUT2D eigenvalue weighted by Gasteiger charge is 2.63. The van der Waals surface area contributed by atoms with E-state index in [1.54, 1.807) is 0 Å². The van der Waals surface area contributed by atoms with E-state index in [1.165, 1.54) is 6.92 Å². The SMILES string of the molecule is CC(=O)NC1[C@H](O[C@@H]2C(CO)O[C@@H](C)C(NC(C)=O)[C@H]2O)OC(CO)[C@@H](O[C@@H]2OC(O[C@H]3OC(CO[C@@H]4OC(CO)[C@@H](O)[C@H](O)C4O[C@@H]4OC(CO)[C@@H](O)[C@H](O)C4O)[C@@H](O)[C@H](O[C@@H]4OC(CO)[C@@H](O)[C@H](O)C4O[C@@H]4OC(CO)[C@@H](O)[C@H](O)C4O)C3O)[C@@H](O)[C@H](O[C@@H]3OC(CO)[C@H](O)C(O)[C@@H]3O[C@H]3OC(O)[C@H](O)[C@@H](O)C3O[C@H]3OC(O)[C@H](O)[C@@H](O)C3O)C2O)[C@@H]1O. The zero-order chi connectivity index (χ0) is 91.8. The summed E-state index contributed by atoms with van der Waals surface area (Å²) in [4.78, 5) is 25.5. The lowest BCUT2D eigenvalue weighted by Crippen LogP contribution is -2.70. The second kappa shape index (κ2) is 43.9. The first-order chi connectivity index (χ1) is 59.1. The van der Waals surface area contributed by atoms with E-state index in [1.807, 2.05) is 0 Å². The molecule has 11 aliphatic heterocycles. The Bertz CT molecular complexity index is 3330. The third-order valence-corrected chi connectivity index (χ3v) is 23.1. The van der Waals surface area contributed by atoms with Gasteiger partial charge in [0.05, 0.1) is 65.0 Å². The third-order valence-electron chi connectivity index (χ3n) is 23.1. The molecule has 0 radical (unpaired) electrons. The molecule has 726 valence electrons. The van der Waals surface area contributed by atoms with E-state index in [9.17, 15) is 173 Å². The van der Waals surface area contributed by atoms with Crippen LogP contribution in [-0.2, 0) is 109 Å². The third kappa shape index (κ3) is 21.8. The average molecular weight is 1840 g/mol. The van der Waals surface area contributed by atoms with Gasteiger partial charge in [0.2, 0.25) is 11.8 Å². The van der Waals surface area contributed by atoms with Crippen molar-refractivity contribution in [2.24, 2.45) is 0 Å². The van der Waals surface area contributed by atoms with Gasteiger partial charge in [-0.3, -0.25) is 9.59 Å². The Morgan fingerprint density at radius 3 is 0.920 bits per heavy atom. The van der Waals surface area contributed by atoms with Crippen molar-refractivity contribution in [3.8, 4) is 0 Å². The number of ether oxygens (including phenoxy) is 21. The zero-order valence-electron chi connectivity index (χ0n) is 66.1. The van der Waals surface area contributed by atoms with Crippen LogP contribution in [0.25, 0.3) is 0 Å². The maximum atomic E-state index is 13.2. The fourth-order valence-electron chi connectivity index (χ4n) is 16.0. The molecule has 57 heteroatoms. The maximum Gasteiger partial charge on any atom is 0.217 e. The van der Waals surface area contributed by atoms with Gasteiger partial charge in [0, 0.05) is 13.8 Å². The van der Waals surface area contributed by atoms with Gasteiger partial charge in [-0.1, -0.05) is 0 Å². The largest absolute Gasteiger partial charge is 0.394 e. The number of nitrogens with one attached hydrogen (secondary N) is 2. The van der Waals surface area contributed by atoms with E-state index < -0.39 is 403 Å². The minimum Gasteiger partial charge on any atom is -0.394 e. The normalized spacial score (nSPS) is 52.6. The molecule has 0 aromatic carbocycles. The van der Waals surface area contributed by atoms with Crippen LogP contribution < -0.4 is 10.6 Å². The molecule has 125 heavy (non-hydrogen) atoms. The molecule has 11 aliphatic rings. The summed E-state index contributed by atoms with van der Waals surface area (Å²) in [5, 5.41) is 362. The molecule has 0 aromatic rings. The van der Waals surface area contributed by atoms with Crippen LogP contribution >= 0.6 is 0 Å². The summed E-state index contributed by atoms with van der Waals surface area (Å²) in [6.07, 6.45) is -121. The summed E-state index contributed by atoms with van der Waals surface area (Å²) >= 11 is 0. The first kappa shape index (κ1) is 102. The quantitative estimate of drug-likeness (QED) is 0.0318. The first-order valence-corrected chi connectivity index (χ1v) is 39.6. The van der Waals surface area contributed by atoms with Crippen LogP contribution in [0.4, 0.5) is 0 Å². The second-order valence-corrected chi connectivity index (χ2v) is 31.6. The van der Waals surface area contributed by atoms with Crippen molar-refractivity contribution in [2.45, 2.75) is 359 Å². The number of carbonyl (C=O) groups excluding carboxylic acids is 2. The minimum absolute atomic E-state index is 0.679. The van der Waals surface area contributed by atoms with Crippen LogP contribution in [0.15, 0.2) is 0 Å². The highest BCUT2D eigenvalue weighted by Crippen LogP contribution is 2.42. The Morgan fingerprint density at radius 1 is 0.224 bits per heavy atom. The van der Waals surface area contributed by atoms with Gasteiger partial charge in [0.15, 0.2) is 81.8 Å². The van der Waals surface area contributed by atoms with Crippen LogP contribution in [0.5, 0.6) is 0 Å². The van der Waals surface area contributed by atoms with Gasteiger partial charge in [-0.2, -0.15) is 0 Å². The fourth-order valence-corrected chi connectivity index (χ4v) is 16.0. The molecule has 0 aliphatic carbocycles. The molecule has 55 atom stereocenters. The highest BCUT2D eigenvalue weighted by molar-refractivity contribution is 5.73. The molecular formula is C68H114N2O55. The number of hydrogen-bond acceptors (Lipinski definition) is 55. The lowest BCUT2D eigenvalue weighted by Gasteiger charge is -2.51. The van der Waals surface area contributed by atoms with Gasteiger partial charge in [-0.15, -0.1) is 0 Å². The molecule has 11 saturated heterocycles. The first-order valence-electron chi connectivity index (χ1n) is 39.6. The van der Waals surface area contributed by atoms with E-state index in [0.717, 1.165) is 13.8 Å². The summed E-state index contributed by atoms with van der Waals surface area (Å²) in [5.74, 6) is -1.67. The van der Waals surface area contributed by atoms with E-state index in [0.29, 0.717) is 0 Å². The second-order valence-electron chi connectivity index (χ2n) is 31.6. The van der Waals surface area contributed by atoms with Crippen LogP contribution in [0.1, 0.15) is 20.8 Å².